The highest BCUT2D eigenvalue weighted by Crippen LogP contribution is 2.13. The van der Waals surface area contributed by atoms with Crippen molar-refractivity contribution in [2.75, 3.05) is 38.5 Å². The van der Waals surface area contributed by atoms with Gasteiger partial charge in [-0.25, -0.2) is 5.01 Å². The highest BCUT2D eigenvalue weighted by Gasteiger charge is 2.20. The van der Waals surface area contributed by atoms with E-state index in [1.807, 2.05) is 39.1 Å². The molecule has 114 valence electrons. The van der Waals surface area contributed by atoms with E-state index >= 15 is 0 Å². The Labute approximate surface area is 125 Å². The van der Waals surface area contributed by atoms with Crippen LogP contribution in [0.3, 0.4) is 0 Å². The van der Waals surface area contributed by atoms with Gasteiger partial charge in [0.15, 0.2) is 0 Å². The van der Waals surface area contributed by atoms with E-state index in [0.717, 1.165) is 37.3 Å². The van der Waals surface area contributed by atoms with Gasteiger partial charge < -0.3 is 10.2 Å². The van der Waals surface area contributed by atoms with E-state index in [9.17, 15) is 9.59 Å². The van der Waals surface area contributed by atoms with Crippen LogP contribution in [0.25, 0.3) is 0 Å². The van der Waals surface area contributed by atoms with Crippen molar-refractivity contribution in [3.05, 3.63) is 29.3 Å². The van der Waals surface area contributed by atoms with Crippen LogP contribution in [-0.4, -0.2) is 54.9 Å². The number of amides is 2. The number of carbonyl (C=O) groups excluding carboxylic acids is 2. The van der Waals surface area contributed by atoms with E-state index < -0.39 is 11.8 Å². The Kier molecular flexibility index (Phi) is 4.93. The number of carbonyl (C=O) groups is 2. The summed E-state index contributed by atoms with van der Waals surface area (Å²) in [5.74, 6) is -1.27. The first-order valence-electron chi connectivity index (χ1n) is 7.08. The molecule has 1 aliphatic rings. The van der Waals surface area contributed by atoms with E-state index in [-0.39, 0.29) is 0 Å². The van der Waals surface area contributed by atoms with Crippen LogP contribution in [0.4, 0.5) is 5.69 Å². The third kappa shape index (κ3) is 4.54. The maximum absolute atomic E-state index is 11.9. The predicted molar refractivity (Wildman–Crippen MR) is 81.8 cm³/mol. The minimum atomic E-state index is -0.640. The molecule has 1 fully saturated rings. The maximum atomic E-state index is 11.9. The Hall–Kier alpha value is -1.92. The van der Waals surface area contributed by atoms with Gasteiger partial charge in [-0.15, -0.1) is 0 Å². The smallest absolute Gasteiger partial charge is 0.318 e. The van der Waals surface area contributed by atoms with Crippen molar-refractivity contribution in [3.63, 3.8) is 0 Å². The lowest BCUT2D eigenvalue weighted by molar-refractivity contribution is -0.139. The van der Waals surface area contributed by atoms with Gasteiger partial charge in [0.2, 0.25) is 0 Å². The topological polar surface area (TPSA) is 64.7 Å². The van der Waals surface area contributed by atoms with Gasteiger partial charge in [0.1, 0.15) is 0 Å². The Morgan fingerprint density at radius 3 is 2.10 bits per heavy atom. The average Bonchev–Trinajstić information content (AvgIpc) is 2.40. The van der Waals surface area contributed by atoms with E-state index in [4.69, 9.17) is 0 Å². The molecule has 0 unspecified atom stereocenters. The molecule has 0 spiro atoms. The lowest BCUT2D eigenvalue weighted by Gasteiger charge is -2.32. The summed E-state index contributed by atoms with van der Waals surface area (Å²) in [4.78, 5) is 26.0. The average molecular weight is 290 g/mol. The first-order valence-corrected chi connectivity index (χ1v) is 7.08. The van der Waals surface area contributed by atoms with E-state index in [1.54, 1.807) is 5.01 Å². The van der Waals surface area contributed by atoms with Crippen molar-refractivity contribution in [3.8, 4) is 0 Å². The molecule has 0 radical (unpaired) electrons. The number of rotatable bonds is 2. The fraction of sp³-hybridized carbons (Fsp3) is 0.467. The summed E-state index contributed by atoms with van der Waals surface area (Å²) in [6.45, 7) is 7.09. The molecule has 1 aromatic carbocycles. The largest absolute Gasteiger partial charge is 0.323 e. The van der Waals surface area contributed by atoms with Crippen LogP contribution in [0.2, 0.25) is 0 Å². The first-order chi connectivity index (χ1) is 9.94. The zero-order valence-electron chi connectivity index (χ0n) is 12.8. The molecular weight excluding hydrogens is 268 g/mol. The number of likely N-dealkylation sites (N-methyl/N-ethyl adjacent to an activating group) is 1. The van der Waals surface area contributed by atoms with Crippen molar-refractivity contribution in [2.24, 2.45) is 0 Å². The lowest BCUT2D eigenvalue weighted by atomic mass is 10.1. The molecule has 1 heterocycles. The van der Waals surface area contributed by atoms with E-state index in [2.05, 4.69) is 15.6 Å². The number of hydrogen-bond acceptors (Lipinski definition) is 4. The Morgan fingerprint density at radius 2 is 1.52 bits per heavy atom. The molecule has 21 heavy (non-hydrogen) atoms. The lowest BCUT2D eigenvalue weighted by Crippen LogP contribution is -2.54. The molecule has 0 atom stereocenters. The number of hydrogen-bond donors (Lipinski definition) is 2. The zero-order valence-corrected chi connectivity index (χ0v) is 12.8. The number of hydrazine groups is 1. The monoisotopic (exact) mass is 290 g/mol. The summed E-state index contributed by atoms with van der Waals surface area (Å²) < 4.78 is 0. The maximum Gasteiger partial charge on any atom is 0.323 e. The van der Waals surface area contributed by atoms with Crippen LogP contribution < -0.4 is 10.7 Å². The van der Waals surface area contributed by atoms with Crippen molar-refractivity contribution >= 4 is 17.5 Å². The zero-order chi connectivity index (χ0) is 15.4. The summed E-state index contributed by atoms with van der Waals surface area (Å²) in [7, 11) is 2.03. The van der Waals surface area contributed by atoms with Crippen molar-refractivity contribution in [1.82, 2.24) is 15.3 Å². The highest BCUT2D eigenvalue weighted by atomic mass is 16.2. The van der Waals surface area contributed by atoms with Gasteiger partial charge in [0, 0.05) is 31.9 Å². The molecule has 1 aromatic rings. The SMILES string of the molecule is Cc1cc(C)cc(NC(=O)C(=O)NN2CCN(C)CC2)c1. The van der Waals surface area contributed by atoms with Crippen molar-refractivity contribution < 1.29 is 9.59 Å². The second-order valence-electron chi connectivity index (χ2n) is 5.56. The fourth-order valence-corrected chi connectivity index (χ4v) is 2.35. The Balaban J connectivity index is 1.89. The molecular formula is C15H22N4O2. The second-order valence-corrected chi connectivity index (χ2v) is 5.56. The Morgan fingerprint density at radius 1 is 0.952 bits per heavy atom. The second kappa shape index (κ2) is 6.69. The molecule has 0 aliphatic carbocycles. The predicted octanol–water partition coefficient (Wildman–Crippen LogP) is 0.521. The summed E-state index contributed by atoms with van der Waals surface area (Å²) >= 11 is 0. The molecule has 2 rings (SSSR count). The normalized spacial score (nSPS) is 16.5. The van der Waals surface area contributed by atoms with Gasteiger partial charge >= 0.3 is 11.8 Å². The number of nitrogens with zero attached hydrogens (tertiary/aromatic N) is 2. The summed E-state index contributed by atoms with van der Waals surface area (Å²) in [6, 6.07) is 5.70. The van der Waals surface area contributed by atoms with Gasteiger partial charge in [-0.2, -0.15) is 0 Å². The minimum absolute atomic E-state index is 0.626. The fourth-order valence-electron chi connectivity index (χ4n) is 2.35. The number of aryl methyl sites for hydroxylation is 2. The molecule has 0 saturated carbocycles. The van der Waals surface area contributed by atoms with E-state index in [0.29, 0.717) is 5.69 Å². The molecule has 0 aromatic heterocycles. The molecule has 2 N–H and O–H groups in total. The third-order valence-corrected chi connectivity index (χ3v) is 3.45. The van der Waals surface area contributed by atoms with Crippen LogP contribution >= 0.6 is 0 Å². The molecule has 6 heteroatoms. The Bertz CT molecular complexity index is 516. The van der Waals surface area contributed by atoms with Crippen LogP contribution in [0.1, 0.15) is 11.1 Å². The van der Waals surface area contributed by atoms with Gasteiger partial charge in [0.25, 0.3) is 0 Å². The van der Waals surface area contributed by atoms with Crippen LogP contribution in [0.5, 0.6) is 0 Å². The number of anilines is 1. The van der Waals surface area contributed by atoms with Gasteiger partial charge in [-0.05, 0) is 44.2 Å². The third-order valence-electron chi connectivity index (χ3n) is 3.45. The molecule has 1 aliphatic heterocycles. The molecule has 1 saturated heterocycles. The number of nitrogens with one attached hydrogen (secondary N) is 2. The first kappa shape index (κ1) is 15.5. The summed E-state index contributed by atoms with van der Waals surface area (Å²) in [6.07, 6.45) is 0. The molecule has 6 nitrogen and oxygen atoms in total. The molecule has 0 bridgehead atoms. The van der Waals surface area contributed by atoms with Gasteiger partial charge in [-0.1, -0.05) is 6.07 Å². The number of benzene rings is 1. The van der Waals surface area contributed by atoms with Crippen molar-refractivity contribution in [1.29, 1.82) is 0 Å². The summed E-state index contributed by atoms with van der Waals surface area (Å²) in [5.41, 5.74) is 5.38. The number of piperazine rings is 1. The highest BCUT2D eigenvalue weighted by molar-refractivity contribution is 6.39. The quantitative estimate of drug-likeness (QED) is 0.780. The summed E-state index contributed by atoms with van der Waals surface area (Å²) in [5, 5.41) is 4.41. The van der Waals surface area contributed by atoms with Crippen LogP contribution in [-0.2, 0) is 9.59 Å². The molecule has 2 amide bonds. The van der Waals surface area contributed by atoms with Crippen LogP contribution in [0.15, 0.2) is 18.2 Å². The minimum Gasteiger partial charge on any atom is -0.318 e. The standard InChI is InChI=1S/C15H22N4O2/c1-11-8-12(2)10-13(9-11)16-14(20)15(21)17-19-6-4-18(3)5-7-19/h8-10H,4-7H2,1-3H3,(H,16,20)(H,17,21). The van der Waals surface area contributed by atoms with Crippen LogP contribution in [0, 0.1) is 13.8 Å². The van der Waals surface area contributed by atoms with Gasteiger partial charge in [0.05, 0.1) is 0 Å². The van der Waals surface area contributed by atoms with E-state index in [1.165, 1.54) is 0 Å². The van der Waals surface area contributed by atoms with Crippen molar-refractivity contribution in [2.45, 2.75) is 13.8 Å². The van der Waals surface area contributed by atoms with Gasteiger partial charge in [-0.3, -0.25) is 15.0 Å².